The Morgan fingerprint density at radius 1 is 1.14 bits per heavy atom. The van der Waals surface area contributed by atoms with Crippen LogP contribution in [0.2, 0.25) is 0 Å². The van der Waals surface area contributed by atoms with Crippen molar-refractivity contribution in [3.63, 3.8) is 0 Å². The SMILES string of the molecule is [C-]#[N+]c1ccc(-n2cc(C(F)(F)F)nc2-c2ccsc2)cc1. The second-order valence-corrected chi connectivity index (χ2v) is 5.24. The monoisotopic (exact) mass is 319 g/mol. The number of hydrogen-bond acceptors (Lipinski definition) is 2. The molecule has 110 valence electrons. The van der Waals surface area contributed by atoms with Crippen molar-refractivity contribution in [1.29, 1.82) is 0 Å². The van der Waals surface area contributed by atoms with E-state index >= 15 is 0 Å². The van der Waals surface area contributed by atoms with Crippen molar-refractivity contribution in [3.05, 3.63) is 64.4 Å². The summed E-state index contributed by atoms with van der Waals surface area (Å²) in [5, 5.41) is 3.52. The maximum Gasteiger partial charge on any atom is 0.434 e. The quantitative estimate of drug-likeness (QED) is 0.597. The van der Waals surface area contributed by atoms with Gasteiger partial charge in [-0.3, -0.25) is 4.57 Å². The number of halogens is 3. The average molecular weight is 319 g/mol. The number of imidazole rings is 1. The van der Waals surface area contributed by atoms with Crippen molar-refractivity contribution in [2.75, 3.05) is 0 Å². The Morgan fingerprint density at radius 2 is 1.86 bits per heavy atom. The number of nitrogens with zero attached hydrogens (tertiary/aromatic N) is 3. The molecule has 7 heteroatoms. The molecule has 3 nitrogen and oxygen atoms in total. The summed E-state index contributed by atoms with van der Waals surface area (Å²) in [6.07, 6.45) is -3.54. The van der Waals surface area contributed by atoms with Crippen LogP contribution < -0.4 is 0 Å². The van der Waals surface area contributed by atoms with Crippen molar-refractivity contribution in [2.45, 2.75) is 6.18 Å². The van der Waals surface area contributed by atoms with Crippen LogP contribution in [0.4, 0.5) is 18.9 Å². The summed E-state index contributed by atoms with van der Waals surface area (Å²) in [7, 11) is 0. The molecule has 2 aromatic heterocycles. The highest BCUT2D eigenvalue weighted by atomic mass is 32.1. The highest BCUT2D eigenvalue weighted by Gasteiger charge is 2.35. The Hall–Kier alpha value is -2.59. The van der Waals surface area contributed by atoms with Gasteiger partial charge in [0, 0.05) is 22.8 Å². The third kappa shape index (κ3) is 2.61. The Bertz CT molecular complexity index is 825. The van der Waals surface area contributed by atoms with E-state index in [0.717, 1.165) is 6.20 Å². The van der Waals surface area contributed by atoms with E-state index in [1.807, 2.05) is 0 Å². The Balaban J connectivity index is 2.16. The van der Waals surface area contributed by atoms with Crippen LogP contribution in [0, 0.1) is 6.57 Å². The Kier molecular flexibility index (Phi) is 3.47. The molecule has 1 aromatic carbocycles. The molecule has 2 heterocycles. The average Bonchev–Trinajstić information content (AvgIpc) is 3.15. The first-order valence-electron chi connectivity index (χ1n) is 6.16. The Labute approximate surface area is 128 Å². The summed E-state index contributed by atoms with van der Waals surface area (Å²) in [6.45, 7) is 6.92. The molecule has 0 radical (unpaired) electrons. The van der Waals surface area contributed by atoms with Gasteiger partial charge in [-0.05, 0) is 23.6 Å². The molecule has 0 N–H and O–H groups in total. The number of hydrogen-bond donors (Lipinski definition) is 0. The van der Waals surface area contributed by atoms with Crippen molar-refractivity contribution in [3.8, 4) is 17.1 Å². The zero-order valence-corrected chi connectivity index (χ0v) is 11.8. The molecule has 0 fully saturated rings. The fourth-order valence-electron chi connectivity index (χ4n) is 2.00. The number of thiophene rings is 1. The van der Waals surface area contributed by atoms with Gasteiger partial charge in [0.25, 0.3) is 0 Å². The summed E-state index contributed by atoms with van der Waals surface area (Å²) in [4.78, 5) is 7.00. The van der Waals surface area contributed by atoms with Gasteiger partial charge in [0.2, 0.25) is 0 Å². The molecule has 0 spiro atoms. The fourth-order valence-corrected chi connectivity index (χ4v) is 2.63. The molecule has 0 aliphatic carbocycles. The van der Waals surface area contributed by atoms with E-state index in [4.69, 9.17) is 6.57 Å². The number of alkyl halides is 3. The standard InChI is InChI=1S/C15H8F3N3S/c1-19-11-2-4-12(5-3-11)21-8-13(15(16,17)18)20-14(21)10-6-7-22-9-10/h2-9H. The summed E-state index contributed by atoms with van der Waals surface area (Å²) in [5.41, 5.74) is 0.631. The second kappa shape index (κ2) is 5.31. The second-order valence-electron chi connectivity index (χ2n) is 4.46. The maximum atomic E-state index is 12.9. The van der Waals surface area contributed by atoms with Crippen LogP contribution in [-0.4, -0.2) is 9.55 Å². The minimum atomic E-state index is -4.51. The molecule has 0 aliphatic heterocycles. The first-order chi connectivity index (χ1) is 10.5. The first kappa shape index (κ1) is 14.4. The summed E-state index contributed by atoms with van der Waals surface area (Å²) in [6, 6.07) is 8.05. The lowest BCUT2D eigenvalue weighted by Crippen LogP contribution is -2.04. The predicted octanol–water partition coefficient (Wildman–Crippen LogP) is 5.17. The topological polar surface area (TPSA) is 22.2 Å². The van der Waals surface area contributed by atoms with Crippen molar-refractivity contribution >= 4 is 17.0 Å². The van der Waals surface area contributed by atoms with Crippen LogP contribution in [0.15, 0.2) is 47.3 Å². The Morgan fingerprint density at radius 3 is 2.41 bits per heavy atom. The van der Waals surface area contributed by atoms with Crippen molar-refractivity contribution in [1.82, 2.24) is 9.55 Å². The lowest BCUT2D eigenvalue weighted by atomic mass is 10.2. The molecular formula is C15H8F3N3S. The normalized spacial score (nSPS) is 11.4. The van der Waals surface area contributed by atoms with E-state index in [0.29, 0.717) is 16.9 Å². The minimum Gasteiger partial charge on any atom is -0.299 e. The zero-order valence-electron chi connectivity index (χ0n) is 11.0. The third-order valence-electron chi connectivity index (χ3n) is 3.03. The van der Waals surface area contributed by atoms with Gasteiger partial charge in [-0.25, -0.2) is 9.83 Å². The van der Waals surface area contributed by atoms with E-state index in [-0.39, 0.29) is 5.82 Å². The molecule has 0 saturated heterocycles. The molecule has 0 saturated carbocycles. The van der Waals surface area contributed by atoms with Crippen LogP contribution in [0.3, 0.4) is 0 Å². The van der Waals surface area contributed by atoms with Gasteiger partial charge in [-0.1, -0.05) is 12.1 Å². The smallest absolute Gasteiger partial charge is 0.299 e. The predicted molar refractivity (Wildman–Crippen MR) is 78.1 cm³/mol. The molecule has 0 aliphatic rings. The zero-order chi connectivity index (χ0) is 15.7. The van der Waals surface area contributed by atoms with E-state index in [2.05, 4.69) is 9.83 Å². The highest BCUT2D eigenvalue weighted by molar-refractivity contribution is 7.08. The highest BCUT2D eigenvalue weighted by Crippen LogP contribution is 2.33. The van der Waals surface area contributed by atoms with E-state index in [1.165, 1.54) is 15.9 Å². The lowest BCUT2D eigenvalue weighted by Gasteiger charge is -2.06. The number of aromatic nitrogens is 2. The van der Waals surface area contributed by atoms with Gasteiger partial charge in [-0.15, -0.1) is 0 Å². The van der Waals surface area contributed by atoms with Crippen molar-refractivity contribution < 1.29 is 13.2 Å². The summed E-state index contributed by atoms with van der Waals surface area (Å²) >= 11 is 1.39. The van der Waals surface area contributed by atoms with Gasteiger partial charge in [-0.2, -0.15) is 24.5 Å². The van der Waals surface area contributed by atoms with Crippen LogP contribution in [0.5, 0.6) is 0 Å². The van der Waals surface area contributed by atoms with Gasteiger partial charge in [0.1, 0.15) is 5.82 Å². The first-order valence-corrected chi connectivity index (χ1v) is 7.10. The van der Waals surface area contributed by atoms with Crippen LogP contribution in [0.1, 0.15) is 5.69 Å². The molecule has 0 bridgehead atoms. The lowest BCUT2D eigenvalue weighted by molar-refractivity contribution is -0.140. The van der Waals surface area contributed by atoms with E-state index in [9.17, 15) is 13.2 Å². The molecular weight excluding hydrogens is 311 g/mol. The summed E-state index contributed by atoms with van der Waals surface area (Å²) in [5.74, 6) is 0.226. The van der Waals surface area contributed by atoms with Crippen LogP contribution >= 0.6 is 11.3 Å². The largest absolute Gasteiger partial charge is 0.434 e. The molecule has 3 rings (SSSR count). The van der Waals surface area contributed by atoms with Gasteiger partial charge < -0.3 is 0 Å². The fraction of sp³-hybridized carbons (Fsp3) is 0.0667. The maximum absolute atomic E-state index is 12.9. The van der Waals surface area contributed by atoms with Gasteiger partial charge in [0.15, 0.2) is 11.4 Å². The van der Waals surface area contributed by atoms with Crippen LogP contribution in [-0.2, 0) is 6.18 Å². The third-order valence-corrected chi connectivity index (χ3v) is 3.72. The number of benzene rings is 1. The molecule has 22 heavy (non-hydrogen) atoms. The molecule has 3 aromatic rings. The van der Waals surface area contributed by atoms with Crippen LogP contribution in [0.25, 0.3) is 21.9 Å². The van der Waals surface area contributed by atoms with Crippen molar-refractivity contribution in [2.24, 2.45) is 0 Å². The number of rotatable bonds is 2. The van der Waals surface area contributed by atoms with Gasteiger partial charge in [0.05, 0.1) is 6.57 Å². The molecule has 0 unspecified atom stereocenters. The minimum absolute atomic E-state index is 0.226. The molecule has 0 atom stereocenters. The van der Waals surface area contributed by atoms with E-state index in [1.54, 1.807) is 41.1 Å². The summed E-state index contributed by atoms with van der Waals surface area (Å²) < 4.78 is 40.2. The van der Waals surface area contributed by atoms with E-state index < -0.39 is 11.9 Å². The molecule has 0 amide bonds. The van der Waals surface area contributed by atoms with Gasteiger partial charge >= 0.3 is 6.18 Å².